The molecule has 1 aromatic carbocycles. The first-order chi connectivity index (χ1) is 9.84. The van der Waals surface area contributed by atoms with E-state index in [0.717, 1.165) is 17.4 Å². The van der Waals surface area contributed by atoms with Crippen LogP contribution in [-0.4, -0.2) is 31.9 Å². The number of rotatable bonds is 9. The van der Waals surface area contributed by atoms with Crippen molar-refractivity contribution in [2.24, 2.45) is 0 Å². The lowest BCUT2D eigenvalue weighted by molar-refractivity contribution is -0.0275. The van der Waals surface area contributed by atoms with E-state index in [1.807, 2.05) is 12.1 Å². The molecular formula is C17H28BrNO2. The highest BCUT2D eigenvalue weighted by atomic mass is 79.9. The van der Waals surface area contributed by atoms with Gasteiger partial charge in [0.2, 0.25) is 0 Å². The fraction of sp³-hybridized carbons (Fsp3) is 0.647. The Morgan fingerprint density at radius 1 is 1.29 bits per heavy atom. The quantitative estimate of drug-likeness (QED) is 0.713. The molecule has 1 unspecified atom stereocenters. The SMILES string of the molecule is COC(C)(C)CCOC(CNC(C)C)c1cccc(Br)c1. The van der Waals surface area contributed by atoms with Crippen LogP contribution in [0.15, 0.2) is 28.7 Å². The zero-order valence-corrected chi connectivity index (χ0v) is 15.4. The predicted molar refractivity (Wildman–Crippen MR) is 91.7 cm³/mol. The Hall–Kier alpha value is -0.420. The summed E-state index contributed by atoms with van der Waals surface area (Å²) in [5, 5.41) is 3.45. The van der Waals surface area contributed by atoms with E-state index >= 15 is 0 Å². The summed E-state index contributed by atoms with van der Waals surface area (Å²) in [6, 6.07) is 8.75. The maximum atomic E-state index is 6.11. The summed E-state index contributed by atoms with van der Waals surface area (Å²) in [4.78, 5) is 0. The number of nitrogens with one attached hydrogen (secondary N) is 1. The molecule has 0 heterocycles. The van der Waals surface area contributed by atoms with Crippen molar-refractivity contribution in [2.75, 3.05) is 20.3 Å². The van der Waals surface area contributed by atoms with E-state index in [4.69, 9.17) is 9.47 Å². The zero-order chi connectivity index (χ0) is 15.9. The van der Waals surface area contributed by atoms with Crippen molar-refractivity contribution < 1.29 is 9.47 Å². The Morgan fingerprint density at radius 3 is 2.57 bits per heavy atom. The Kier molecular flexibility index (Phi) is 7.88. The van der Waals surface area contributed by atoms with E-state index in [1.54, 1.807) is 7.11 Å². The van der Waals surface area contributed by atoms with Gasteiger partial charge in [-0.15, -0.1) is 0 Å². The van der Waals surface area contributed by atoms with Gasteiger partial charge in [-0.05, 0) is 38.0 Å². The topological polar surface area (TPSA) is 30.5 Å². The molecule has 0 fully saturated rings. The van der Waals surface area contributed by atoms with Gasteiger partial charge in [0.05, 0.1) is 18.3 Å². The molecule has 0 aliphatic rings. The third-order valence-corrected chi connectivity index (χ3v) is 4.00. The molecule has 0 aromatic heterocycles. The van der Waals surface area contributed by atoms with Crippen LogP contribution in [0.3, 0.4) is 0 Å². The summed E-state index contributed by atoms with van der Waals surface area (Å²) in [6.07, 6.45) is 0.924. The van der Waals surface area contributed by atoms with Gasteiger partial charge in [0.25, 0.3) is 0 Å². The van der Waals surface area contributed by atoms with Crippen LogP contribution in [0.25, 0.3) is 0 Å². The summed E-state index contributed by atoms with van der Waals surface area (Å²) >= 11 is 3.53. The normalized spacial score (nSPS) is 13.7. The summed E-state index contributed by atoms with van der Waals surface area (Å²) in [7, 11) is 1.74. The third kappa shape index (κ3) is 7.41. The van der Waals surface area contributed by atoms with Gasteiger partial charge in [0.15, 0.2) is 0 Å². The highest BCUT2D eigenvalue weighted by Crippen LogP contribution is 2.22. The predicted octanol–water partition coefficient (Wildman–Crippen LogP) is 4.32. The second-order valence-electron chi connectivity index (χ2n) is 6.19. The average Bonchev–Trinajstić information content (AvgIpc) is 2.42. The second-order valence-corrected chi connectivity index (χ2v) is 7.11. The van der Waals surface area contributed by atoms with Crippen molar-refractivity contribution in [1.29, 1.82) is 0 Å². The van der Waals surface area contributed by atoms with Crippen LogP contribution in [0, 0.1) is 0 Å². The van der Waals surface area contributed by atoms with E-state index in [9.17, 15) is 0 Å². The number of hydrogen-bond acceptors (Lipinski definition) is 3. The first kappa shape index (κ1) is 18.6. The van der Waals surface area contributed by atoms with Gasteiger partial charge in [-0.25, -0.2) is 0 Å². The van der Waals surface area contributed by atoms with E-state index in [-0.39, 0.29) is 11.7 Å². The van der Waals surface area contributed by atoms with E-state index in [1.165, 1.54) is 5.56 Å². The molecule has 3 nitrogen and oxygen atoms in total. The van der Waals surface area contributed by atoms with Gasteiger partial charge in [-0.3, -0.25) is 0 Å². The van der Waals surface area contributed by atoms with Crippen LogP contribution in [0.4, 0.5) is 0 Å². The number of benzene rings is 1. The van der Waals surface area contributed by atoms with Gasteiger partial charge in [0.1, 0.15) is 0 Å². The lowest BCUT2D eigenvalue weighted by atomic mass is 10.1. The van der Waals surface area contributed by atoms with E-state index in [0.29, 0.717) is 12.6 Å². The minimum atomic E-state index is -0.146. The van der Waals surface area contributed by atoms with Crippen molar-refractivity contribution in [3.63, 3.8) is 0 Å². The largest absolute Gasteiger partial charge is 0.379 e. The first-order valence-corrected chi connectivity index (χ1v) is 8.29. The fourth-order valence-electron chi connectivity index (χ4n) is 1.87. The number of ether oxygens (including phenoxy) is 2. The Bertz CT molecular complexity index is 421. The minimum Gasteiger partial charge on any atom is -0.379 e. The number of methoxy groups -OCH3 is 1. The van der Waals surface area contributed by atoms with Crippen molar-refractivity contribution in [3.8, 4) is 0 Å². The standard InChI is InChI=1S/C17H28BrNO2/c1-13(2)19-12-16(14-7-6-8-15(18)11-14)21-10-9-17(3,4)20-5/h6-8,11,13,16,19H,9-10,12H2,1-5H3. The molecule has 0 radical (unpaired) electrons. The highest BCUT2D eigenvalue weighted by molar-refractivity contribution is 9.10. The second kappa shape index (κ2) is 8.89. The molecular weight excluding hydrogens is 330 g/mol. The Morgan fingerprint density at radius 2 is 2.00 bits per heavy atom. The van der Waals surface area contributed by atoms with Gasteiger partial charge >= 0.3 is 0 Å². The molecule has 0 aliphatic carbocycles. The van der Waals surface area contributed by atoms with Crippen molar-refractivity contribution in [3.05, 3.63) is 34.3 Å². The molecule has 120 valence electrons. The van der Waals surface area contributed by atoms with Crippen molar-refractivity contribution in [1.82, 2.24) is 5.32 Å². The van der Waals surface area contributed by atoms with Crippen molar-refractivity contribution in [2.45, 2.75) is 51.9 Å². The summed E-state index contributed by atoms with van der Waals surface area (Å²) in [5.41, 5.74) is 1.04. The van der Waals surface area contributed by atoms with E-state index in [2.05, 4.69) is 61.1 Å². The molecule has 1 atom stereocenters. The van der Waals surface area contributed by atoms with Crippen LogP contribution >= 0.6 is 15.9 Å². The van der Waals surface area contributed by atoms with Crippen LogP contribution in [0.1, 0.15) is 45.8 Å². The van der Waals surface area contributed by atoms with Gasteiger partial charge < -0.3 is 14.8 Å². The zero-order valence-electron chi connectivity index (χ0n) is 13.8. The molecule has 0 bridgehead atoms. The Balaban J connectivity index is 2.64. The number of hydrogen-bond donors (Lipinski definition) is 1. The molecule has 0 amide bonds. The molecule has 21 heavy (non-hydrogen) atoms. The van der Waals surface area contributed by atoms with Gasteiger partial charge in [0, 0.05) is 24.2 Å². The maximum absolute atomic E-state index is 6.11. The molecule has 0 saturated carbocycles. The molecule has 0 aliphatic heterocycles. The highest BCUT2D eigenvalue weighted by Gasteiger charge is 2.18. The lowest BCUT2D eigenvalue weighted by Gasteiger charge is -2.25. The van der Waals surface area contributed by atoms with Crippen LogP contribution in [-0.2, 0) is 9.47 Å². The summed E-state index contributed by atoms with van der Waals surface area (Å²) < 4.78 is 12.6. The molecule has 1 N–H and O–H groups in total. The lowest BCUT2D eigenvalue weighted by Crippen LogP contribution is -2.30. The molecule has 1 rings (SSSR count). The summed E-state index contributed by atoms with van der Waals surface area (Å²) in [6.45, 7) is 9.94. The molecule has 4 heteroatoms. The first-order valence-electron chi connectivity index (χ1n) is 7.49. The smallest absolute Gasteiger partial charge is 0.0949 e. The van der Waals surface area contributed by atoms with Crippen molar-refractivity contribution >= 4 is 15.9 Å². The maximum Gasteiger partial charge on any atom is 0.0949 e. The van der Waals surface area contributed by atoms with Crippen LogP contribution in [0.5, 0.6) is 0 Å². The summed E-state index contributed by atoms with van der Waals surface area (Å²) in [5.74, 6) is 0. The fourth-order valence-corrected chi connectivity index (χ4v) is 2.29. The molecule has 1 aromatic rings. The van der Waals surface area contributed by atoms with E-state index < -0.39 is 0 Å². The average molecular weight is 358 g/mol. The third-order valence-electron chi connectivity index (χ3n) is 3.51. The number of halogens is 1. The van der Waals surface area contributed by atoms with Gasteiger partial charge in [-0.2, -0.15) is 0 Å². The van der Waals surface area contributed by atoms with Crippen LogP contribution in [0.2, 0.25) is 0 Å². The monoisotopic (exact) mass is 357 g/mol. The van der Waals surface area contributed by atoms with Gasteiger partial charge in [-0.1, -0.05) is 41.9 Å². The molecule has 0 spiro atoms. The molecule has 0 saturated heterocycles. The van der Waals surface area contributed by atoms with Crippen LogP contribution < -0.4 is 5.32 Å². The minimum absolute atomic E-state index is 0.0533. The Labute approximate surface area is 137 Å².